The predicted molar refractivity (Wildman–Crippen MR) is 110 cm³/mol. The van der Waals surface area contributed by atoms with Crippen LogP contribution in [0.15, 0.2) is 59.4 Å². The number of phenolic OH excluding ortho intramolecular Hbond substituents is 1. The number of benzene rings is 2. The molecule has 2 heterocycles. The minimum atomic E-state index is -0.209. The van der Waals surface area contributed by atoms with Gasteiger partial charge in [-0.25, -0.2) is 4.39 Å². The van der Waals surface area contributed by atoms with E-state index >= 15 is 0 Å². The number of halogens is 1. The quantitative estimate of drug-likeness (QED) is 0.738. The van der Waals surface area contributed by atoms with Crippen LogP contribution in [0, 0.1) is 5.82 Å². The van der Waals surface area contributed by atoms with Crippen molar-refractivity contribution in [2.75, 3.05) is 37.6 Å². The zero-order valence-corrected chi connectivity index (χ0v) is 15.7. The van der Waals surface area contributed by atoms with E-state index in [1.54, 1.807) is 28.8 Å². The Morgan fingerprint density at radius 1 is 0.893 bits per heavy atom. The average Bonchev–Trinajstić information content (AvgIpc) is 2.71. The highest BCUT2D eigenvalue weighted by Gasteiger charge is 2.17. The fraction of sp³-hybridized carbons (Fsp3) is 0.318. The van der Waals surface area contributed by atoms with Crippen molar-refractivity contribution in [3.8, 4) is 5.75 Å². The second-order valence-corrected chi connectivity index (χ2v) is 7.22. The molecule has 0 unspecified atom stereocenters. The Morgan fingerprint density at radius 2 is 1.61 bits per heavy atom. The van der Waals surface area contributed by atoms with Crippen LogP contribution in [0.5, 0.6) is 5.75 Å². The van der Waals surface area contributed by atoms with Crippen molar-refractivity contribution in [2.24, 2.45) is 0 Å². The van der Waals surface area contributed by atoms with Gasteiger partial charge in [0.15, 0.2) is 0 Å². The fourth-order valence-corrected chi connectivity index (χ4v) is 3.84. The van der Waals surface area contributed by atoms with Crippen molar-refractivity contribution in [2.45, 2.75) is 13.0 Å². The highest BCUT2D eigenvalue weighted by molar-refractivity contribution is 5.80. The van der Waals surface area contributed by atoms with Crippen molar-refractivity contribution < 1.29 is 9.50 Å². The molecule has 1 fully saturated rings. The Kier molecular flexibility index (Phi) is 5.30. The second kappa shape index (κ2) is 8.02. The van der Waals surface area contributed by atoms with Gasteiger partial charge in [0.25, 0.3) is 5.56 Å². The summed E-state index contributed by atoms with van der Waals surface area (Å²) in [7, 11) is 0. The summed E-state index contributed by atoms with van der Waals surface area (Å²) in [6.45, 7) is 5.25. The van der Waals surface area contributed by atoms with Gasteiger partial charge in [0.2, 0.25) is 0 Å². The topological polar surface area (TPSA) is 48.7 Å². The number of hydrogen-bond donors (Lipinski definition) is 1. The van der Waals surface area contributed by atoms with Crippen molar-refractivity contribution >= 4 is 16.6 Å². The predicted octanol–water partition coefficient (Wildman–Crippen LogP) is 3.06. The minimum absolute atomic E-state index is 0.0424. The fourth-order valence-electron chi connectivity index (χ4n) is 3.84. The minimum Gasteiger partial charge on any atom is -0.508 e. The Morgan fingerprint density at radius 3 is 2.36 bits per heavy atom. The lowest BCUT2D eigenvalue weighted by molar-refractivity contribution is 0.250. The first-order chi connectivity index (χ1) is 13.6. The van der Waals surface area contributed by atoms with Gasteiger partial charge in [0, 0.05) is 50.5 Å². The number of aryl methyl sites for hydroxylation is 1. The van der Waals surface area contributed by atoms with Crippen LogP contribution in [-0.2, 0) is 6.54 Å². The molecule has 0 bridgehead atoms. The molecule has 5 nitrogen and oxygen atoms in total. The normalized spacial score (nSPS) is 15.2. The molecule has 4 rings (SSSR count). The number of aromatic hydroxyl groups is 1. The highest BCUT2D eigenvalue weighted by atomic mass is 19.1. The van der Waals surface area contributed by atoms with Gasteiger partial charge < -0.3 is 14.6 Å². The third kappa shape index (κ3) is 4.02. The SMILES string of the molecule is O=c1ccc2ccc(O)cc2n1CCCN1CCN(c2ccc(F)cc2)CC1. The molecule has 6 heteroatoms. The zero-order valence-electron chi connectivity index (χ0n) is 15.7. The largest absolute Gasteiger partial charge is 0.508 e. The molecule has 0 radical (unpaired) electrons. The molecule has 0 amide bonds. The van der Waals surface area contributed by atoms with E-state index in [1.807, 2.05) is 18.2 Å². The lowest BCUT2D eigenvalue weighted by atomic mass is 10.2. The summed E-state index contributed by atoms with van der Waals surface area (Å²) in [4.78, 5) is 17.0. The summed E-state index contributed by atoms with van der Waals surface area (Å²) < 4.78 is 14.8. The summed E-state index contributed by atoms with van der Waals surface area (Å²) in [5.74, 6) is -0.0388. The first kappa shape index (κ1) is 18.5. The number of phenols is 1. The van der Waals surface area contributed by atoms with E-state index < -0.39 is 0 Å². The lowest BCUT2D eigenvalue weighted by Gasteiger charge is -2.36. The van der Waals surface area contributed by atoms with E-state index in [0.29, 0.717) is 6.54 Å². The molecule has 1 aliphatic heterocycles. The van der Waals surface area contributed by atoms with Gasteiger partial charge in [-0.1, -0.05) is 0 Å². The number of pyridine rings is 1. The maximum Gasteiger partial charge on any atom is 0.251 e. The van der Waals surface area contributed by atoms with E-state index in [0.717, 1.165) is 55.7 Å². The maximum atomic E-state index is 13.1. The molecule has 0 saturated carbocycles. The second-order valence-electron chi connectivity index (χ2n) is 7.22. The molecule has 146 valence electrons. The number of rotatable bonds is 5. The van der Waals surface area contributed by atoms with Gasteiger partial charge >= 0.3 is 0 Å². The van der Waals surface area contributed by atoms with E-state index in [1.165, 1.54) is 12.1 Å². The van der Waals surface area contributed by atoms with Gasteiger partial charge in [-0.15, -0.1) is 0 Å². The smallest absolute Gasteiger partial charge is 0.251 e. The standard InChI is InChI=1S/C22H24FN3O2/c23-18-4-6-19(7-5-18)25-14-12-24(13-15-25)10-1-11-26-21-16-20(27)8-2-17(21)3-9-22(26)28/h2-9,16,27H,1,10-15H2. The molecule has 2 aromatic carbocycles. The molecule has 1 aromatic heterocycles. The van der Waals surface area contributed by atoms with E-state index in [4.69, 9.17) is 0 Å². The number of piperazine rings is 1. The number of hydrogen-bond acceptors (Lipinski definition) is 4. The summed E-state index contributed by atoms with van der Waals surface area (Å²) in [5.41, 5.74) is 1.79. The molecule has 1 N–H and O–H groups in total. The van der Waals surface area contributed by atoms with Gasteiger partial charge in [-0.2, -0.15) is 0 Å². The van der Waals surface area contributed by atoms with Crippen LogP contribution in [-0.4, -0.2) is 47.3 Å². The van der Waals surface area contributed by atoms with Gasteiger partial charge in [0.1, 0.15) is 11.6 Å². The van der Waals surface area contributed by atoms with Crippen LogP contribution >= 0.6 is 0 Å². The molecule has 0 aliphatic carbocycles. The van der Waals surface area contributed by atoms with Gasteiger partial charge in [-0.05, 0) is 60.8 Å². The monoisotopic (exact) mass is 381 g/mol. The summed E-state index contributed by atoms with van der Waals surface area (Å²) >= 11 is 0. The number of nitrogens with zero attached hydrogens (tertiary/aromatic N) is 3. The molecule has 0 spiro atoms. The van der Waals surface area contributed by atoms with E-state index in [9.17, 15) is 14.3 Å². The first-order valence-corrected chi connectivity index (χ1v) is 9.65. The molecule has 28 heavy (non-hydrogen) atoms. The molecular weight excluding hydrogens is 357 g/mol. The van der Waals surface area contributed by atoms with Crippen LogP contribution in [0.25, 0.3) is 10.9 Å². The Balaban J connectivity index is 1.34. The van der Waals surface area contributed by atoms with E-state index in [2.05, 4.69) is 9.80 Å². The van der Waals surface area contributed by atoms with Crippen LogP contribution in [0.3, 0.4) is 0 Å². The Labute approximate surface area is 163 Å². The molecular formula is C22H24FN3O2. The van der Waals surface area contributed by atoms with Crippen LogP contribution in [0.2, 0.25) is 0 Å². The molecule has 3 aromatic rings. The molecule has 1 aliphatic rings. The lowest BCUT2D eigenvalue weighted by Crippen LogP contribution is -2.46. The third-order valence-corrected chi connectivity index (χ3v) is 5.40. The van der Waals surface area contributed by atoms with Gasteiger partial charge in [0.05, 0.1) is 5.52 Å². The maximum absolute atomic E-state index is 13.1. The molecule has 0 atom stereocenters. The summed E-state index contributed by atoms with van der Waals surface area (Å²) in [5, 5.41) is 10.7. The number of fused-ring (bicyclic) bond motifs is 1. The van der Waals surface area contributed by atoms with Crippen LogP contribution < -0.4 is 10.5 Å². The average molecular weight is 381 g/mol. The van der Waals surface area contributed by atoms with Crippen molar-refractivity contribution in [3.05, 3.63) is 70.8 Å². The zero-order chi connectivity index (χ0) is 19.5. The van der Waals surface area contributed by atoms with Crippen LogP contribution in [0.1, 0.15) is 6.42 Å². The number of anilines is 1. The first-order valence-electron chi connectivity index (χ1n) is 9.65. The van der Waals surface area contributed by atoms with E-state index in [-0.39, 0.29) is 17.1 Å². The third-order valence-electron chi connectivity index (χ3n) is 5.40. The van der Waals surface area contributed by atoms with Crippen LogP contribution in [0.4, 0.5) is 10.1 Å². The Hall–Kier alpha value is -2.86. The number of aromatic nitrogens is 1. The summed E-state index contributed by atoms with van der Waals surface area (Å²) in [6, 6.07) is 15.2. The van der Waals surface area contributed by atoms with Gasteiger partial charge in [-0.3, -0.25) is 9.69 Å². The summed E-state index contributed by atoms with van der Waals surface area (Å²) in [6.07, 6.45) is 0.866. The van der Waals surface area contributed by atoms with Crippen molar-refractivity contribution in [1.29, 1.82) is 0 Å². The van der Waals surface area contributed by atoms with Crippen molar-refractivity contribution in [1.82, 2.24) is 9.47 Å². The van der Waals surface area contributed by atoms with Crippen molar-refractivity contribution in [3.63, 3.8) is 0 Å². The molecule has 1 saturated heterocycles. The Bertz CT molecular complexity index is 1010. The highest BCUT2D eigenvalue weighted by Crippen LogP contribution is 2.19.